The first-order valence-electron chi connectivity index (χ1n) is 6.89. The van der Waals surface area contributed by atoms with Gasteiger partial charge in [0.2, 0.25) is 10.0 Å². The molecule has 134 valence electrons. The molecule has 0 bridgehead atoms. The molecule has 0 aliphatic heterocycles. The number of methoxy groups -OCH3 is 1. The second-order valence-electron chi connectivity index (χ2n) is 5.10. The Bertz CT molecular complexity index is 918. The van der Waals surface area contributed by atoms with Crippen LogP contribution < -0.4 is 4.74 Å². The van der Waals surface area contributed by atoms with Crippen molar-refractivity contribution in [3.05, 3.63) is 63.7 Å². The van der Waals surface area contributed by atoms with E-state index in [0.29, 0.717) is 0 Å². The van der Waals surface area contributed by atoms with Crippen molar-refractivity contribution in [2.24, 2.45) is 0 Å². The normalized spacial score (nSPS) is 11.6. The second kappa shape index (κ2) is 7.11. The average molecular weight is 372 g/mol. The summed E-state index contributed by atoms with van der Waals surface area (Å²) in [7, 11) is -1.76. The number of halogens is 2. The Balaban J connectivity index is 2.40. The van der Waals surface area contributed by atoms with Crippen LogP contribution >= 0.6 is 0 Å². The van der Waals surface area contributed by atoms with Crippen molar-refractivity contribution < 1.29 is 26.9 Å². The molecule has 0 aliphatic rings. The molecular weight excluding hydrogens is 358 g/mol. The Morgan fingerprint density at radius 1 is 1.16 bits per heavy atom. The summed E-state index contributed by atoms with van der Waals surface area (Å²) < 4.78 is 57.1. The van der Waals surface area contributed by atoms with Crippen LogP contribution in [0.15, 0.2) is 41.3 Å². The Hall–Kier alpha value is -2.59. The summed E-state index contributed by atoms with van der Waals surface area (Å²) in [4.78, 5) is 9.82. The summed E-state index contributed by atoms with van der Waals surface area (Å²) in [5, 5.41) is 11.2. The minimum atomic E-state index is -4.24. The molecule has 0 aromatic heterocycles. The van der Waals surface area contributed by atoms with Crippen molar-refractivity contribution in [2.45, 2.75) is 11.4 Å². The zero-order chi connectivity index (χ0) is 18.8. The Kier molecular flexibility index (Phi) is 5.33. The fourth-order valence-electron chi connectivity index (χ4n) is 2.13. The minimum absolute atomic E-state index is 0.133. The highest BCUT2D eigenvalue weighted by Crippen LogP contribution is 2.30. The zero-order valence-corrected chi connectivity index (χ0v) is 14.1. The molecule has 0 atom stereocenters. The van der Waals surface area contributed by atoms with Crippen LogP contribution in [0.1, 0.15) is 5.56 Å². The van der Waals surface area contributed by atoms with Gasteiger partial charge in [-0.3, -0.25) is 10.1 Å². The fourth-order valence-corrected chi connectivity index (χ4v) is 3.43. The second-order valence-corrected chi connectivity index (χ2v) is 7.11. The van der Waals surface area contributed by atoms with Gasteiger partial charge >= 0.3 is 0 Å². The van der Waals surface area contributed by atoms with E-state index >= 15 is 0 Å². The van der Waals surface area contributed by atoms with Crippen LogP contribution in [-0.2, 0) is 16.6 Å². The van der Waals surface area contributed by atoms with Gasteiger partial charge in [0, 0.05) is 13.6 Å². The maximum absolute atomic E-state index is 13.3. The first-order chi connectivity index (χ1) is 11.7. The number of sulfonamides is 1. The number of benzene rings is 2. The Morgan fingerprint density at radius 3 is 2.40 bits per heavy atom. The van der Waals surface area contributed by atoms with E-state index < -0.39 is 37.2 Å². The zero-order valence-electron chi connectivity index (χ0n) is 13.3. The number of ether oxygens (including phenoxy) is 1. The highest BCUT2D eigenvalue weighted by molar-refractivity contribution is 7.89. The van der Waals surface area contributed by atoms with Gasteiger partial charge in [0.25, 0.3) is 5.69 Å². The molecule has 0 saturated heterocycles. The molecule has 0 unspecified atom stereocenters. The van der Waals surface area contributed by atoms with Gasteiger partial charge in [0.05, 0.1) is 18.1 Å². The monoisotopic (exact) mass is 372 g/mol. The maximum atomic E-state index is 13.3. The SMILES string of the molecule is COc1ccc(S(=O)(=O)N(C)Cc2ccc(F)c(F)c2)c([N+](=O)[O-])c1. The molecular formula is C15H14F2N2O5S. The van der Waals surface area contributed by atoms with Crippen LogP contribution in [0.25, 0.3) is 0 Å². The number of nitro benzene ring substituents is 1. The van der Waals surface area contributed by atoms with Gasteiger partial charge in [-0.1, -0.05) is 6.07 Å². The van der Waals surface area contributed by atoms with Crippen LogP contribution in [0.5, 0.6) is 5.75 Å². The summed E-state index contributed by atoms with van der Waals surface area (Å²) in [6.07, 6.45) is 0. The van der Waals surface area contributed by atoms with Crippen LogP contribution in [0.4, 0.5) is 14.5 Å². The molecule has 0 radical (unpaired) electrons. The van der Waals surface area contributed by atoms with Gasteiger partial charge in [-0.2, -0.15) is 4.31 Å². The van der Waals surface area contributed by atoms with Crippen LogP contribution in [-0.4, -0.2) is 31.8 Å². The average Bonchev–Trinajstić information content (AvgIpc) is 2.57. The molecule has 0 heterocycles. The molecule has 0 amide bonds. The quantitative estimate of drug-likeness (QED) is 0.574. The highest BCUT2D eigenvalue weighted by Gasteiger charge is 2.30. The van der Waals surface area contributed by atoms with Gasteiger partial charge in [0.1, 0.15) is 5.75 Å². The number of rotatable bonds is 6. The van der Waals surface area contributed by atoms with Crippen molar-refractivity contribution in [3.8, 4) is 5.75 Å². The molecule has 25 heavy (non-hydrogen) atoms. The van der Waals surface area contributed by atoms with E-state index in [0.717, 1.165) is 28.6 Å². The molecule has 10 heteroatoms. The largest absolute Gasteiger partial charge is 0.497 e. The number of nitrogens with zero attached hydrogens (tertiary/aromatic N) is 2. The number of hydrogen-bond donors (Lipinski definition) is 0. The topological polar surface area (TPSA) is 89.8 Å². The van der Waals surface area contributed by atoms with E-state index in [1.165, 1.54) is 26.3 Å². The molecule has 0 spiro atoms. The lowest BCUT2D eigenvalue weighted by Gasteiger charge is -2.17. The van der Waals surface area contributed by atoms with Gasteiger partial charge in [-0.05, 0) is 29.8 Å². The summed E-state index contributed by atoms with van der Waals surface area (Å²) in [6, 6.07) is 6.31. The van der Waals surface area contributed by atoms with E-state index in [4.69, 9.17) is 4.74 Å². The molecule has 0 saturated carbocycles. The summed E-state index contributed by atoms with van der Waals surface area (Å²) in [5.74, 6) is -2.03. The van der Waals surface area contributed by atoms with Crippen molar-refractivity contribution in [1.29, 1.82) is 0 Å². The summed E-state index contributed by atoms with van der Waals surface area (Å²) >= 11 is 0. The third-order valence-electron chi connectivity index (χ3n) is 3.44. The van der Waals surface area contributed by atoms with Gasteiger partial charge in [-0.25, -0.2) is 17.2 Å². The molecule has 7 nitrogen and oxygen atoms in total. The van der Waals surface area contributed by atoms with E-state index in [1.807, 2.05) is 0 Å². The third kappa shape index (κ3) is 3.91. The van der Waals surface area contributed by atoms with Gasteiger partial charge in [-0.15, -0.1) is 0 Å². The van der Waals surface area contributed by atoms with Crippen molar-refractivity contribution in [1.82, 2.24) is 4.31 Å². The molecule has 0 aliphatic carbocycles. The Labute approximate surface area is 142 Å². The third-order valence-corrected chi connectivity index (χ3v) is 5.29. The molecule has 2 rings (SSSR count). The van der Waals surface area contributed by atoms with E-state index in [1.54, 1.807) is 0 Å². The van der Waals surface area contributed by atoms with Crippen molar-refractivity contribution >= 4 is 15.7 Å². The maximum Gasteiger partial charge on any atom is 0.293 e. The van der Waals surface area contributed by atoms with Crippen LogP contribution in [0, 0.1) is 21.7 Å². The minimum Gasteiger partial charge on any atom is -0.497 e. The first-order valence-corrected chi connectivity index (χ1v) is 8.33. The standard InChI is InChI=1S/C15H14F2N2O5S/c1-18(9-10-3-5-12(16)13(17)7-10)25(22,23)15-6-4-11(24-2)8-14(15)19(20)21/h3-8H,9H2,1-2H3. The first kappa shape index (κ1) is 18.7. The van der Waals surface area contributed by atoms with Crippen LogP contribution in [0.2, 0.25) is 0 Å². The van der Waals surface area contributed by atoms with E-state index in [9.17, 15) is 27.3 Å². The number of nitro groups is 1. The lowest BCUT2D eigenvalue weighted by atomic mass is 10.2. The summed E-state index contributed by atoms with van der Waals surface area (Å²) in [5.41, 5.74) is -0.447. The summed E-state index contributed by atoms with van der Waals surface area (Å²) in [6.45, 7) is -0.289. The predicted octanol–water partition coefficient (Wildman–Crippen LogP) is 2.70. The molecule has 2 aromatic carbocycles. The molecule has 0 fully saturated rings. The molecule has 2 aromatic rings. The smallest absolute Gasteiger partial charge is 0.293 e. The lowest BCUT2D eigenvalue weighted by Crippen LogP contribution is -2.27. The van der Waals surface area contributed by atoms with E-state index in [-0.39, 0.29) is 17.9 Å². The number of hydrogen-bond acceptors (Lipinski definition) is 5. The van der Waals surface area contributed by atoms with Crippen LogP contribution in [0.3, 0.4) is 0 Å². The van der Waals surface area contributed by atoms with Crippen molar-refractivity contribution in [2.75, 3.05) is 14.2 Å². The predicted molar refractivity (Wildman–Crippen MR) is 84.7 cm³/mol. The fraction of sp³-hybridized carbons (Fsp3) is 0.200. The Morgan fingerprint density at radius 2 is 1.84 bits per heavy atom. The molecule has 0 N–H and O–H groups in total. The van der Waals surface area contributed by atoms with Gasteiger partial charge in [0.15, 0.2) is 16.5 Å². The van der Waals surface area contributed by atoms with E-state index in [2.05, 4.69) is 0 Å². The van der Waals surface area contributed by atoms with Gasteiger partial charge < -0.3 is 4.74 Å². The van der Waals surface area contributed by atoms with Crippen molar-refractivity contribution in [3.63, 3.8) is 0 Å². The highest BCUT2D eigenvalue weighted by atomic mass is 32.2. The lowest BCUT2D eigenvalue weighted by molar-refractivity contribution is -0.387.